The van der Waals surface area contributed by atoms with Gasteiger partial charge in [0.15, 0.2) is 0 Å². The van der Waals surface area contributed by atoms with E-state index in [1.807, 2.05) is 14.1 Å². The van der Waals surface area contributed by atoms with E-state index in [2.05, 4.69) is 65.2 Å². The zero-order valence-electron chi connectivity index (χ0n) is 12.8. The van der Waals surface area contributed by atoms with Crippen molar-refractivity contribution in [3.05, 3.63) is 41.7 Å². The second kappa shape index (κ2) is 5.90. The van der Waals surface area contributed by atoms with Crippen LogP contribution in [0, 0.1) is 6.92 Å². The molecule has 106 valence electrons. The van der Waals surface area contributed by atoms with Crippen molar-refractivity contribution in [2.75, 3.05) is 24.3 Å². The molecule has 1 aromatic carbocycles. The molecule has 0 aliphatic rings. The predicted molar refractivity (Wildman–Crippen MR) is 84.9 cm³/mol. The van der Waals surface area contributed by atoms with E-state index in [-0.39, 0.29) is 0 Å². The quantitative estimate of drug-likeness (QED) is 0.919. The largest absolute Gasteiger partial charge is 0.373 e. The van der Waals surface area contributed by atoms with Crippen LogP contribution in [0.5, 0.6) is 0 Å². The number of rotatable bonds is 4. The number of aromatic nitrogens is 2. The van der Waals surface area contributed by atoms with Gasteiger partial charge in [0.25, 0.3) is 0 Å². The molecular weight excluding hydrogens is 248 g/mol. The van der Waals surface area contributed by atoms with Crippen molar-refractivity contribution >= 4 is 17.3 Å². The molecule has 4 heteroatoms. The number of nitrogens with zero attached hydrogens (tertiary/aromatic N) is 3. The van der Waals surface area contributed by atoms with Gasteiger partial charge < -0.3 is 10.2 Å². The molecule has 1 heterocycles. The highest BCUT2D eigenvalue weighted by molar-refractivity contribution is 5.67. The first-order valence-corrected chi connectivity index (χ1v) is 6.87. The number of benzene rings is 1. The lowest BCUT2D eigenvalue weighted by molar-refractivity contribution is 0.841. The van der Waals surface area contributed by atoms with Gasteiger partial charge in [-0.2, -0.15) is 0 Å². The van der Waals surface area contributed by atoms with E-state index in [0.717, 1.165) is 22.9 Å². The summed E-state index contributed by atoms with van der Waals surface area (Å²) in [5.74, 6) is 2.19. The van der Waals surface area contributed by atoms with Crippen LogP contribution in [0.1, 0.15) is 30.9 Å². The van der Waals surface area contributed by atoms with Gasteiger partial charge >= 0.3 is 0 Å². The number of anilines is 3. The van der Waals surface area contributed by atoms with Crippen LogP contribution in [0.25, 0.3) is 0 Å². The number of hydrogen-bond donors (Lipinski definition) is 1. The van der Waals surface area contributed by atoms with Crippen LogP contribution in [-0.2, 0) is 0 Å². The van der Waals surface area contributed by atoms with Crippen molar-refractivity contribution < 1.29 is 0 Å². The third kappa shape index (κ3) is 2.74. The molecule has 0 bridgehead atoms. The third-order valence-electron chi connectivity index (χ3n) is 3.42. The number of aryl methyl sites for hydroxylation is 1. The Hall–Kier alpha value is -2.10. The lowest BCUT2D eigenvalue weighted by atomic mass is 10.0. The third-order valence-corrected chi connectivity index (χ3v) is 3.42. The molecule has 0 aliphatic heterocycles. The summed E-state index contributed by atoms with van der Waals surface area (Å²) in [5, 5.41) is 3.15. The minimum atomic E-state index is 0.349. The molecule has 0 aliphatic carbocycles. The van der Waals surface area contributed by atoms with Crippen LogP contribution in [0.3, 0.4) is 0 Å². The van der Waals surface area contributed by atoms with Crippen LogP contribution < -0.4 is 10.2 Å². The summed E-state index contributed by atoms with van der Waals surface area (Å²) in [4.78, 5) is 10.9. The highest BCUT2D eigenvalue weighted by atomic mass is 15.2. The van der Waals surface area contributed by atoms with Gasteiger partial charge in [-0.25, -0.2) is 9.97 Å². The molecule has 2 rings (SSSR count). The SMILES string of the molecule is CNc1ncnc(N(C)c2ccc(C)cc2)c1C(C)C. The molecule has 4 nitrogen and oxygen atoms in total. The smallest absolute Gasteiger partial charge is 0.141 e. The molecule has 0 saturated heterocycles. The van der Waals surface area contributed by atoms with E-state index in [4.69, 9.17) is 0 Å². The summed E-state index contributed by atoms with van der Waals surface area (Å²) < 4.78 is 0. The van der Waals surface area contributed by atoms with Gasteiger partial charge in [-0.3, -0.25) is 0 Å². The Morgan fingerprint density at radius 1 is 1.10 bits per heavy atom. The van der Waals surface area contributed by atoms with Crippen LogP contribution in [-0.4, -0.2) is 24.1 Å². The predicted octanol–water partition coefficient (Wildman–Crippen LogP) is 3.72. The molecule has 2 aromatic rings. The molecule has 0 saturated carbocycles. The molecule has 0 radical (unpaired) electrons. The average Bonchev–Trinajstić information content (AvgIpc) is 2.46. The topological polar surface area (TPSA) is 41.1 Å². The Labute approximate surface area is 120 Å². The first-order chi connectivity index (χ1) is 9.54. The minimum absolute atomic E-state index is 0.349. The summed E-state index contributed by atoms with van der Waals surface area (Å²) in [6, 6.07) is 8.45. The molecule has 0 fully saturated rings. The van der Waals surface area contributed by atoms with Gasteiger partial charge in [0.1, 0.15) is 18.0 Å². The molecule has 0 atom stereocenters. The van der Waals surface area contributed by atoms with Crippen LogP contribution in [0.2, 0.25) is 0 Å². The lowest BCUT2D eigenvalue weighted by Gasteiger charge is -2.24. The van der Waals surface area contributed by atoms with E-state index in [1.54, 1.807) is 6.33 Å². The molecule has 1 aromatic heterocycles. The minimum Gasteiger partial charge on any atom is -0.373 e. The Balaban J connectivity index is 2.48. The Bertz CT molecular complexity index is 576. The maximum absolute atomic E-state index is 4.48. The van der Waals surface area contributed by atoms with E-state index in [0.29, 0.717) is 5.92 Å². The van der Waals surface area contributed by atoms with Crippen molar-refractivity contribution in [3.8, 4) is 0 Å². The normalized spacial score (nSPS) is 10.7. The van der Waals surface area contributed by atoms with Crippen molar-refractivity contribution in [1.82, 2.24) is 9.97 Å². The zero-order valence-corrected chi connectivity index (χ0v) is 12.8. The summed E-state index contributed by atoms with van der Waals surface area (Å²) in [7, 11) is 3.93. The number of nitrogens with one attached hydrogen (secondary N) is 1. The van der Waals surface area contributed by atoms with Crippen molar-refractivity contribution in [2.24, 2.45) is 0 Å². The van der Waals surface area contributed by atoms with Crippen molar-refractivity contribution in [1.29, 1.82) is 0 Å². The molecule has 0 unspecified atom stereocenters. The Morgan fingerprint density at radius 2 is 1.75 bits per heavy atom. The van der Waals surface area contributed by atoms with Crippen LogP contribution in [0.4, 0.5) is 17.3 Å². The molecule has 0 amide bonds. The van der Waals surface area contributed by atoms with E-state index >= 15 is 0 Å². The summed E-state index contributed by atoms with van der Waals surface area (Å²) in [5.41, 5.74) is 3.51. The van der Waals surface area contributed by atoms with E-state index in [1.165, 1.54) is 5.56 Å². The van der Waals surface area contributed by atoms with Gasteiger partial charge in [0.05, 0.1) is 0 Å². The summed E-state index contributed by atoms with van der Waals surface area (Å²) in [6.45, 7) is 6.41. The van der Waals surface area contributed by atoms with Crippen LogP contribution >= 0.6 is 0 Å². The second-order valence-electron chi connectivity index (χ2n) is 5.26. The van der Waals surface area contributed by atoms with E-state index < -0.39 is 0 Å². The van der Waals surface area contributed by atoms with Gasteiger partial charge in [-0.05, 0) is 25.0 Å². The van der Waals surface area contributed by atoms with Gasteiger partial charge in [0, 0.05) is 25.3 Å². The molecule has 1 N–H and O–H groups in total. The summed E-state index contributed by atoms with van der Waals surface area (Å²) >= 11 is 0. The standard InChI is InChI=1S/C16H22N4/c1-11(2)14-15(17-4)18-10-19-16(14)20(5)13-8-6-12(3)7-9-13/h6-11H,1-5H3,(H,17,18,19). The van der Waals surface area contributed by atoms with Crippen molar-refractivity contribution in [3.63, 3.8) is 0 Å². The lowest BCUT2D eigenvalue weighted by Crippen LogP contribution is -2.16. The second-order valence-corrected chi connectivity index (χ2v) is 5.26. The average molecular weight is 270 g/mol. The first-order valence-electron chi connectivity index (χ1n) is 6.87. The maximum atomic E-state index is 4.48. The Kier molecular flexibility index (Phi) is 4.23. The monoisotopic (exact) mass is 270 g/mol. The maximum Gasteiger partial charge on any atom is 0.141 e. The zero-order chi connectivity index (χ0) is 14.7. The molecule has 20 heavy (non-hydrogen) atoms. The molecular formula is C16H22N4. The van der Waals surface area contributed by atoms with Crippen LogP contribution in [0.15, 0.2) is 30.6 Å². The fraction of sp³-hybridized carbons (Fsp3) is 0.375. The fourth-order valence-corrected chi connectivity index (χ4v) is 2.28. The Morgan fingerprint density at radius 3 is 2.30 bits per heavy atom. The number of hydrogen-bond acceptors (Lipinski definition) is 4. The molecule has 0 spiro atoms. The van der Waals surface area contributed by atoms with Crippen molar-refractivity contribution in [2.45, 2.75) is 26.7 Å². The first kappa shape index (κ1) is 14.3. The highest BCUT2D eigenvalue weighted by Gasteiger charge is 2.17. The van der Waals surface area contributed by atoms with E-state index in [9.17, 15) is 0 Å². The van der Waals surface area contributed by atoms with Gasteiger partial charge in [-0.15, -0.1) is 0 Å². The van der Waals surface area contributed by atoms with Gasteiger partial charge in [-0.1, -0.05) is 31.5 Å². The fourth-order valence-electron chi connectivity index (χ4n) is 2.28. The van der Waals surface area contributed by atoms with Gasteiger partial charge in [0.2, 0.25) is 0 Å². The summed E-state index contributed by atoms with van der Waals surface area (Å²) in [6.07, 6.45) is 1.61. The highest BCUT2D eigenvalue weighted by Crippen LogP contribution is 2.33.